The summed E-state index contributed by atoms with van der Waals surface area (Å²) < 4.78 is 7.82. The molecule has 0 saturated heterocycles. The average molecular weight is 425 g/mol. The highest BCUT2D eigenvalue weighted by Crippen LogP contribution is 2.48. The zero-order valence-electron chi connectivity index (χ0n) is 20.5. The summed E-state index contributed by atoms with van der Waals surface area (Å²) in [5.41, 5.74) is 14.2. The number of nitrogens with two attached hydrogens (primary N) is 1. The van der Waals surface area contributed by atoms with Gasteiger partial charge in [-0.05, 0) is 79.2 Å². The molecule has 2 aromatic rings. The summed E-state index contributed by atoms with van der Waals surface area (Å²) in [6, 6.07) is 6.84. The lowest BCUT2D eigenvalue weighted by atomic mass is 9.62. The van der Waals surface area contributed by atoms with Crippen molar-refractivity contribution in [3.05, 3.63) is 46.1 Å². The Labute approximate surface area is 188 Å². The molecule has 1 aromatic carbocycles. The van der Waals surface area contributed by atoms with Gasteiger partial charge in [0.2, 0.25) is 0 Å². The van der Waals surface area contributed by atoms with Crippen molar-refractivity contribution < 1.29 is 9.53 Å². The SMILES string of the molecule is CCOCCCn1c(-c2cc3c(cc2CC)C(C)(C)CCC3(C)C)cc(C(N)=O)c1C. The van der Waals surface area contributed by atoms with Crippen molar-refractivity contribution in [1.29, 1.82) is 0 Å². The average Bonchev–Trinajstić information content (AvgIpc) is 3.04. The molecule has 0 saturated carbocycles. The number of amides is 1. The lowest BCUT2D eigenvalue weighted by Crippen LogP contribution is -2.34. The number of aryl methyl sites for hydroxylation is 1. The van der Waals surface area contributed by atoms with Crippen LogP contribution in [-0.4, -0.2) is 23.7 Å². The Morgan fingerprint density at radius 1 is 1.06 bits per heavy atom. The van der Waals surface area contributed by atoms with E-state index in [-0.39, 0.29) is 16.7 Å². The molecule has 0 bridgehead atoms. The first-order valence-corrected chi connectivity index (χ1v) is 11.8. The number of rotatable bonds is 8. The van der Waals surface area contributed by atoms with E-state index in [4.69, 9.17) is 10.5 Å². The summed E-state index contributed by atoms with van der Waals surface area (Å²) in [5, 5.41) is 0. The molecule has 2 N–H and O–H groups in total. The summed E-state index contributed by atoms with van der Waals surface area (Å²) in [7, 11) is 0. The second kappa shape index (κ2) is 8.82. The number of carbonyl (C=O) groups excluding carboxylic acids is 1. The Bertz CT molecular complexity index is 966. The van der Waals surface area contributed by atoms with Crippen LogP contribution in [0.15, 0.2) is 18.2 Å². The summed E-state index contributed by atoms with van der Waals surface area (Å²) in [4.78, 5) is 12.2. The van der Waals surface area contributed by atoms with E-state index in [0.29, 0.717) is 12.2 Å². The fourth-order valence-electron chi connectivity index (χ4n) is 5.06. The molecule has 170 valence electrons. The van der Waals surface area contributed by atoms with Crippen molar-refractivity contribution in [2.24, 2.45) is 5.73 Å². The number of carbonyl (C=O) groups is 1. The van der Waals surface area contributed by atoms with Crippen LogP contribution in [0.25, 0.3) is 11.3 Å². The van der Waals surface area contributed by atoms with Crippen LogP contribution in [0.5, 0.6) is 0 Å². The van der Waals surface area contributed by atoms with Crippen LogP contribution in [0, 0.1) is 6.92 Å². The van der Waals surface area contributed by atoms with Gasteiger partial charge in [0.05, 0.1) is 5.56 Å². The van der Waals surface area contributed by atoms with Gasteiger partial charge in [-0.3, -0.25) is 4.79 Å². The summed E-state index contributed by atoms with van der Waals surface area (Å²) in [5.74, 6) is -0.361. The van der Waals surface area contributed by atoms with Crippen LogP contribution >= 0.6 is 0 Å². The molecule has 1 aromatic heterocycles. The summed E-state index contributed by atoms with van der Waals surface area (Å²) in [6.07, 6.45) is 4.24. The molecule has 0 aliphatic heterocycles. The van der Waals surface area contributed by atoms with E-state index in [1.807, 2.05) is 19.9 Å². The van der Waals surface area contributed by atoms with Crippen LogP contribution in [0.4, 0.5) is 0 Å². The topological polar surface area (TPSA) is 57.2 Å². The smallest absolute Gasteiger partial charge is 0.250 e. The molecule has 0 unspecified atom stereocenters. The van der Waals surface area contributed by atoms with Crippen LogP contribution < -0.4 is 5.73 Å². The molecule has 1 heterocycles. The van der Waals surface area contributed by atoms with Crippen LogP contribution in [0.3, 0.4) is 0 Å². The van der Waals surface area contributed by atoms with Gasteiger partial charge in [0.25, 0.3) is 5.91 Å². The van der Waals surface area contributed by atoms with Gasteiger partial charge in [0.1, 0.15) is 0 Å². The van der Waals surface area contributed by atoms with E-state index in [2.05, 4.69) is 51.3 Å². The van der Waals surface area contributed by atoms with Gasteiger partial charge < -0.3 is 15.0 Å². The van der Waals surface area contributed by atoms with Gasteiger partial charge in [0, 0.05) is 36.7 Å². The maximum absolute atomic E-state index is 12.2. The maximum atomic E-state index is 12.2. The number of hydrogen-bond donors (Lipinski definition) is 1. The molecule has 0 spiro atoms. The second-order valence-corrected chi connectivity index (χ2v) is 10.3. The minimum atomic E-state index is -0.361. The number of hydrogen-bond acceptors (Lipinski definition) is 2. The first-order chi connectivity index (χ1) is 14.5. The highest BCUT2D eigenvalue weighted by molar-refractivity contribution is 5.96. The van der Waals surface area contributed by atoms with Crippen LogP contribution in [0.2, 0.25) is 0 Å². The molecule has 4 nitrogen and oxygen atoms in total. The van der Waals surface area contributed by atoms with Crippen molar-refractivity contribution in [1.82, 2.24) is 4.57 Å². The standard InChI is InChI=1S/C27H40N2O2/c1-8-19-15-22-23(27(6,7)12-11-26(22,4)5)16-21(19)24-17-20(25(28)30)18(3)29(24)13-10-14-31-9-2/h15-17H,8-14H2,1-7H3,(H2,28,30). The van der Waals surface area contributed by atoms with Gasteiger partial charge in [0.15, 0.2) is 0 Å². The fourth-order valence-corrected chi connectivity index (χ4v) is 5.06. The third-order valence-electron chi connectivity index (χ3n) is 7.24. The summed E-state index contributed by atoms with van der Waals surface area (Å²) in [6.45, 7) is 17.9. The van der Waals surface area contributed by atoms with Gasteiger partial charge in [-0.15, -0.1) is 0 Å². The second-order valence-electron chi connectivity index (χ2n) is 10.3. The quantitative estimate of drug-likeness (QED) is 0.536. The van der Waals surface area contributed by atoms with Gasteiger partial charge in [-0.25, -0.2) is 0 Å². The van der Waals surface area contributed by atoms with Crippen molar-refractivity contribution in [2.75, 3.05) is 13.2 Å². The molecule has 1 amide bonds. The molecule has 31 heavy (non-hydrogen) atoms. The minimum Gasteiger partial charge on any atom is -0.382 e. The predicted octanol–water partition coefficient (Wildman–Crippen LogP) is 5.90. The molecule has 0 fully saturated rings. The lowest BCUT2D eigenvalue weighted by molar-refractivity contribution is 0.0999. The molecule has 1 aliphatic carbocycles. The molecular formula is C27H40N2O2. The van der Waals surface area contributed by atoms with Crippen LogP contribution in [0.1, 0.15) is 93.5 Å². The van der Waals surface area contributed by atoms with Crippen LogP contribution in [-0.2, 0) is 28.5 Å². The third-order valence-corrected chi connectivity index (χ3v) is 7.24. The Morgan fingerprint density at radius 3 is 2.23 bits per heavy atom. The Balaban J connectivity index is 2.20. The number of ether oxygens (including phenoxy) is 1. The van der Waals surface area contributed by atoms with E-state index in [0.717, 1.165) is 37.4 Å². The zero-order valence-corrected chi connectivity index (χ0v) is 20.5. The normalized spacial score (nSPS) is 16.9. The molecular weight excluding hydrogens is 384 g/mol. The monoisotopic (exact) mass is 424 g/mol. The maximum Gasteiger partial charge on any atom is 0.250 e. The van der Waals surface area contributed by atoms with E-state index in [1.54, 1.807) is 0 Å². The largest absolute Gasteiger partial charge is 0.382 e. The number of aromatic nitrogens is 1. The van der Waals surface area contributed by atoms with E-state index in [1.165, 1.54) is 35.1 Å². The summed E-state index contributed by atoms with van der Waals surface area (Å²) >= 11 is 0. The van der Waals surface area contributed by atoms with Crippen molar-refractivity contribution in [2.45, 2.75) is 91.5 Å². The first-order valence-electron chi connectivity index (χ1n) is 11.8. The van der Waals surface area contributed by atoms with Gasteiger partial charge in [-0.1, -0.05) is 40.7 Å². The number of fused-ring (bicyclic) bond motifs is 1. The highest BCUT2D eigenvalue weighted by Gasteiger charge is 2.38. The lowest BCUT2D eigenvalue weighted by Gasteiger charge is -2.42. The molecule has 1 aliphatic rings. The van der Waals surface area contributed by atoms with Gasteiger partial charge in [-0.2, -0.15) is 0 Å². The van der Waals surface area contributed by atoms with E-state index < -0.39 is 0 Å². The van der Waals surface area contributed by atoms with Crippen molar-refractivity contribution in [3.8, 4) is 11.3 Å². The highest BCUT2D eigenvalue weighted by atomic mass is 16.5. The van der Waals surface area contributed by atoms with Crippen molar-refractivity contribution in [3.63, 3.8) is 0 Å². The number of nitrogens with zero attached hydrogens (tertiary/aromatic N) is 1. The third kappa shape index (κ3) is 4.45. The van der Waals surface area contributed by atoms with Crippen molar-refractivity contribution >= 4 is 5.91 Å². The molecule has 3 rings (SSSR count). The van der Waals surface area contributed by atoms with Gasteiger partial charge >= 0.3 is 0 Å². The predicted molar refractivity (Wildman–Crippen MR) is 129 cm³/mol. The molecule has 4 heteroatoms. The molecule has 0 atom stereocenters. The van der Waals surface area contributed by atoms with E-state index >= 15 is 0 Å². The minimum absolute atomic E-state index is 0.139. The Morgan fingerprint density at radius 2 is 1.68 bits per heavy atom. The number of primary amides is 1. The fraction of sp³-hybridized carbons (Fsp3) is 0.593. The first kappa shape index (κ1) is 23.6. The molecule has 0 radical (unpaired) electrons. The number of benzene rings is 1. The Kier molecular flexibility index (Phi) is 6.71. The zero-order chi connectivity index (χ0) is 23.0. The van der Waals surface area contributed by atoms with E-state index in [9.17, 15) is 4.79 Å². The Hall–Kier alpha value is -2.07.